The molecule has 0 unspecified atom stereocenters. The van der Waals surface area contributed by atoms with Crippen molar-refractivity contribution in [1.82, 2.24) is 10.2 Å². The van der Waals surface area contributed by atoms with Crippen LogP contribution in [0.3, 0.4) is 0 Å². The maximum atomic E-state index is 12.2. The van der Waals surface area contributed by atoms with Gasteiger partial charge < -0.3 is 14.5 Å². The molecule has 0 fully saturated rings. The van der Waals surface area contributed by atoms with E-state index in [1.54, 1.807) is 25.1 Å². The Balaban J connectivity index is 1.54. The molecule has 0 aliphatic carbocycles. The van der Waals surface area contributed by atoms with Crippen molar-refractivity contribution in [2.45, 2.75) is 25.2 Å². The molecule has 3 rings (SSSR count). The second-order valence-corrected chi connectivity index (χ2v) is 8.72. The van der Waals surface area contributed by atoms with Crippen LogP contribution in [0.5, 0.6) is 5.75 Å². The maximum absolute atomic E-state index is 12.2. The van der Waals surface area contributed by atoms with Gasteiger partial charge in [-0.05, 0) is 55.8 Å². The van der Waals surface area contributed by atoms with Gasteiger partial charge in [-0.15, -0.1) is 10.2 Å². The molecule has 10 heteroatoms. The summed E-state index contributed by atoms with van der Waals surface area (Å²) in [6, 6.07) is 10.6. The Bertz CT molecular complexity index is 1030. The summed E-state index contributed by atoms with van der Waals surface area (Å²) in [5, 5.41) is 12.0. The van der Waals surface area contributed by atoms with Crippen LogP contribution in [0.2, 0.25) is 10.0 Å². The van der Waals surface area contributed by atoms with Crippen LogP contribution in [0, 0.1) is 6.92 Å². The normalized spacial score (nSPS) is 11.9. The van der Waals surface area contributed by atoms with Crippen LogP contribution in [-0.2, 0) is 4.79 Å². The van der Waals surface area contributed by atoms with Gasteiger partial charge >= 0.3 is 0 Å². The zero-order valence-corrected chi connectivity index (χ0v) is 19.3. The summed E-state index contributed by atoms with van der Waals surface area (Å²) in [6.45, 7) is 3.68. The zero-order valence-electron chi connectivity index (χ0n) is 15.4. The molecule has 0 saturated carbocycles. The van der Waals surface area contributed by atoms with Crippen LogP contribution < -0.4 is 10.1 Å². The lowest BCUT2D eigenvalue weighted by Gasteiger charge is -2.12. The lowest BCUT2D eigenvalue weighted by atomic mass is 10.2. The summed E-state index contributed by atoms with van der Waals surface area (Å²) in [5.41, 5.74) is 1.72. The lowest BCUT2D eigenvalue weighted by molar-refractivity contribution is -0.113. The summed E-state index contributed by atoms with van der Waals surface area (Å²) in [5.74, 6) is 0.704. The summed E-state index contributed by atoms with van der Waals surface area (Å²) in [7, 11) is 0. The summed E-state index contributed by atoms with van der Waals surface area (Å²) >= 11 is 16.5. The van der Waals surface area contributed by atoms with E-state index in [-0.39, 0.29) is 22.8 Å². The molecule has 2 aromatic carbocycles. The topological polar surface area (TPSA) is 77.2 Å². The van der Waals surface area contributed by atoms with Crippen molar-refractivity contribution in [3.8, 4) is 5.75 Å². The number of halogens is 3. The molecule has 0 spiro atoms. The summed E-state index contributed by atoms with van der Waals surface area (Å²) in [4.78, 5) is 12.2. The first-order valence-electron chi connectivity index (χ1n) is 8.45. The zero-order chi connectivity index (χ0) is 21.0. The number of thioether (sulfide) groups is 1. The second kappa shape index (κ2) is 9.84. The minimum atomic E-state index is -0.519. The Morgan fingerprint density at radius 3 is 2.79 bits per heavy atom. The van der Waals surface area contributed by atoms with Crippen LogP contribution in [0.1, 0.15) is 24.5 Å². The first-order chi connectivity index (χ1) is 13.8. The van der Waals surface area contributed by atoms with Gasteiger partial charge in [0.2, 0.25) is 5.91 Å². The van der Waals surface area contributed by atoms with Gasteiger partial charge in [-0.2, -0.15) is 0 Å². The molecule has 6 nitrogen and oxygen atoms in total. The number of hydrogen-bond donors (Lipinski definition) is 1. The molecule has 0 radical (unpaired) electrons. The van der Waals surface area contributed by atoms with E-state index in [2.05, 4.69) is 31.4 Å². The molecular formula is C19H16BrCl2N3O3S. The molecule has 152 valence electrons. The van der Waals surface area contributed by atoms with Crippen LogP contribution in [0.25, 0.3) is 0 Å². The number of nitrogens with zero attached hydrogens (tertiary/aromatic N) is 2. The van der Waals surface area contributed by atoms with E-state index in [0.717, 1.165) is 27.5 Å². The molecule has 0 aliphatic rings. The highest BCUT2D eigenvalue weighted by atomic mass is 79.9. The van der Waals surface area contributed by atoms with Crippen molar-refractivity contribution in [3.05, 3.63) is 62.4 Å². The third kappa shape index (κ3) is 6.12. The van der Waals surface area contributed by atoms with E-state index in [1.807, 2.05) is 25.1 Å². The molecular weight excluding hydrogens is 501 g/mol. The largest absolute Gasteiger partial charge is 0.479 e. The number of amides is 1. The predicted molar refractivity (Wildman–Crippen MR) is 118 cm³/mol. The minimum absolute atomic E-state index is 0.134. The smallest absolute Gasteiger partial charge is 0.277 e. The van der Waals surface area contributed by atoms with Crippen LogP contribution >= 0.6 is 50.9 Å². The standard InChI is InChI=1S/C19H16BrCl2N3O3S/c1-10-7-12(20)3-5-15(10)23-17(26)9-29-19-25-24-18(28-19)11(2)27-16-6-4-13(21)8-14(16)22/h3-8,11H,9H2,1-2H3,(H,23,26)/t11-/m0/s1. The van der Waals surface area contributed by atoms with E-state index >= 15 is 0 Å². The summed E-state index contributed by atoms with van der Waals surface area (Å²) < 4.78 is 12.3. The van der Waals surface area contributed by atoms with E-state index in [9.17, 15) is 4.79 Å². The molecule has 1 N–H and O–H groups in total. The van der Waals surface area contributed by atoms with Gasteiger partial charge in [-0.3, -0.25) is 4.79 Å². The molecule has 1 heterocycles. The highest BCUT2D eigenvalue weighted by Gasteiger charge is 2.18. The van der Waals surface area contributed by atoms with E-state index in [1.165, 1.54) is 0 Å². The van der Waals surface area contributed by atoms with Gasteiger partial charge in [-0.1, -0.05) is 50.9 Å². The number of carbonyl (C=O) groups excluding carboxylic acids is 1. The third-order valence-corrected chi connectivity index (χ3v) is 5.60. The van der Waals surface area contributed by atoms with E-state index < -0.39 is 6.10 Å². The monoisotopic (exact) mass is 515 g/mol. The number of nitrogens with one attached hydrogen (secondary N) is 1. The number of anilines is 1. The number of benzene rings is 2. The highest BCUT2D eigenvalue weighted by molar-refractivity contribution is 9.10. The molecule has 0 bridgehead atoms. The fourth-order valence-corrected chi connectivity index (χ4v) is 3.83. The van der Waals surface area contributed by atoms with Crippen molar-refractivity contribution >= 4 is 62.5 Å². The second-order valence-electron chi connectivity index (χ2n) is 6.04. The number of aromatic nitrogens is 2. The maximum Gasteiger partial charge on any atom is 0.277 e. The number of hydrogen-bond acceptors (Lipinski definition) is 6. The number of aryl methyl sites for hydroxylation is 1. The molecule has 0 aliphatic heterocycles. The molecule has 1 atom stereocenters. The van der Waals surface area contributed by atoms with Gasteiger partial charge in [0.05, 0.1) is 10.8 Å². The molecule has 0 saturated heterocycles. The Morgan fingerprint density at radius 2 is 2.07 bits per heavy atom. The molecule has 29 heavy (non-hydrogen) atoms. The molecule has 1 amide bonds. The highest BCUT2D eigenvalue weighted by Crippen LogP contribution is 2.31. The van der Waals surface area contributed by atoms with Crippen molar-refractivity contribution < 1.29 is 13.9 Å². The fraction of sp³-hybridized carbons (Fsp3) is 0.211. The average molecular weight is 517 g/mol. The first-order valence-corrected chi connectivity index (χ1v) is 11.0. The number of rotatable bonds is 7. The Morgan fingerprint density at radius 1 is 1.28 bits per heavy atom. The SMILES string of the molecule is Cc1cc(Br)ccc1NC(=O)CSc1nnc([C@H](C)Oc2ccc(Cl)cc2Cl)o1. The Labute approximate surface area is 190 Å². The van der Waals surface area contributed by atoms with Gasteiger partial charge in [0.1, 0.15) is 5.75 Å². The van der Waals surface area contributed by atoms with Crippen molar-refractivity contribution in [2.75, 3.05) is 11.1 Å². The van der Waals surface area contributed by atoms with Crippen LogP contribution in [0.4, 0.5) is 5.69 Å². The molecule has 3 aromatic rings. The first kappa shape index (κ1) is 22.0. The third-order valence-electron chi connectivity index (χ3n) is 3.76. The number of ether oxygens (including phenoxy) is 1. The van der Waals surface area contributed by atoms with Gasteiger partial charge in [-0.25, -0.2) is 0 Å². The van der Waals surface area contributed by atoms with E-state index in [0.29, 0.717) is 15.8 Å². The van der Waals surface area contributed by atoms with Gasteiger partial charge in [0.25, 0.3) is 11.1 Å². The van der Waals surface area contributed by atoms with Crippen molar-refractivity contribution in [2.24, 2.45) is 0 Å². The predicted octanol–water partition coefficient (Wildman–Crippen LogP) is 6.32. The molecule has 1 aromatic heterocycles. The van der Waals surface area contributed by atoms with Crippen LogP contribution in [-0.4, -0.2) is 21.9 Å². The number of carbonyl (C=O) groups is 1. The van der Waals surface area contributed by atoms with Crippen molar-refractivity contribution in [1.29, 1.82) is 0 Å². The Hall–Kier alpha value is -1.74. The minimum Gasteiger partial charge on any atom is -0.479 e. The fourth-order valence-electron chi connectivity index (χ4n) is 2.34. The van der Waals surface area contributed by atoms with Gasteiger partial charge in [0, 0.05) is 15.2 Å². The average Bonchev–Trinajstić information content (AvgIpc) is 3.14. The van der Waals surface area contributed by atoms with E-state index in [4.69, 9.17) is 32.4 Å². The van der Waals surface area contributed by atoms with Crippen molar-refractivity contribution in [3.63, 3.8) is 0 Å². The Kier molecular flexibility index (Phi) is 7.45. The summed E-state index contributed by atoms with van der Waals surface area (Å²) in [6.07, 6.45) is -0.519. The lowest BCUT2D eigenvalue weighted by Crippen LogP contribution is -2.14. The van der Waals surface area contributed by atoms with Crippen LogP contribution in [0.15, 0.2) is 50.5 Å². The van der Waals surface area contributed by atoms with Gasteiger partial charge in [0.15, 0.2) is 6.10 Å². The quantitative estimate of drug-likeness (QED) is 0.370.